The number of urea groups is 1. The highest BCUT2D eigenvalue weighted by Gasteiger charge is 2.26. The maximum Gasteiger partial charge on any atom is 0.317 e. The van der Waals surface area contributed by atoms with Gasteiger partial charge in [0.25, 0.3) is 0 Å². The fourth-order valence-electron chi connectivity index (χ4n) is 2.87. The molecule has 1 aliphatic rings. The number of aromatic nitrogens is 2. The van der Waals surface area contributed by atoms with Crippen molar-refractivity contribution in [1.29, 1.82) is 0 Å². The second-order valence-corrected chi connectivity index (χ2v) is 5.82. The molecule has 5 nitrogen and oxygen atoms in total. The summed E-state index contributed by atoms with van der Waals surface area (Å²) < 4.78 is 0. The molecule has 2 heterocycles. The molecule has 2 atom stereocenters. The number of H-pyrrole nitrogens is 1. The van der Waals surface area contributed by atoms with E-state index in [9.17, 15) is 4.79 Å². The zero-order valence-corrected chi connectivity index (χ0v) is 12.6. The quantitative estimate of drug-likeness (QED) is 0.911. The first kappa shape index (κ1) is 13.9. The Morgan fingerprint density at radius 3 is 3.05 bits per heavy atom. The molecule has 0 spiro atoms. The second-order valence-electron chi connectivity index (χ2n) is 5.82. The molecule has 0 unspecified atom stereocenters. The molecule has 1 aromatic heterocycles. The average Bonchev–Trinajstić information content (AvgIpc) is 3.13. The van der Waals surface area contributed by atoms with Gasteiger partial charge >= 0.3 is 6.03 Å². The molecule has 0 bridgehead atoms. The molecule has 1 aliphatic heterocycles. The van der Waals surface area contributed by atoms with Gasteiger partial charge in [-0.15, -0.1) is 0 Å². The molecule has 1 fully saturated rings. The fourth-order valence-corrected chi connectivity index (χ4v) is 2.87. The second kappa shape index (κ2) is 5.76. The first-order valence-electron chi connectivity index (χ1n) is 7.67. The van der Waals surface area contributed by atoms with Crippen LogP contribution >= 0.6 is 0 Å². The van der Waals surface area contributed by atoms with Crippen molar-refractivity contribution in [1.82, 2.24) is 20.2 Å². The van der Waals surface area contributed by atoms with Gasteiger partial charge in [0.05, 0.1) is 17.1 Å². The number of fused-ring (bicyclic) bond motifs is 1. The van der Waals surface area contributed by atoms with Crippen LogP contribution in [0, 0.1) is 5.92 Å². The van der Waals surface area contributed by atoms with Gasteiger partial charge in [-0.25, -0.2) is 9.78 Å². The van der Waals surface area contributed by atoms with Gasteiger partial charge in [0.1, 0.15) is 5.82 Å². The lowest BCUT2D eigenvalue weighted by Gasteiger charge is -2.20. The summed E-state index contributed by atoms with van der Waals surface area (Å²) in [6, 6.07) is 7.79. The summed E-state index contributed by atoms with van der Waals surface area (Å²) in [6.45, 7) is 5.87. The first-order chi connectivity index (χ1) is 10.2. The normalized spacial score (nSPS) is 19.9. The van der Waals surface area contributed by atoms with E-state index in [0.717, 1.165) is 42.8 Å². The Balaban J connectivity index is 1.65. The lowest BCUT2D eigenvalue weighted by Crippen LogP contribution is -2.39. The largest absolute Gasteiger partial charge is 0.340 e. The third kappa shape index (κ3) is 2.86. The van der Waals surface area contributed by atoms with Crippen molar-refractivity contribution < 1.29 is 4.79 Å². The van der Waals surface area contributed by atoms with Crippen molar-refractivity contribution in [2.75, 3.05) is 13.1 Å². The fraction of sp³-hybridized carbons (Fsp3) is 0.500. The molecule has 112 valence electrons. The molecule has 0 radical (unpaired) electrons. The van der Waals surface area contributed by atoms with Crippen molar-refractivity contribution >= 4 is 17.1 Å². The highest BCUT2D eigenvalue weighted by atomic mass is 16.2. The number of benzene rings is 1. The van der Waals surface area contributed by atoms with E-state index in [1.807, 2.05) is 36.1 Å². The van der Waals surface area contributed by atoms with E-state index in [1.165, 1.54) is 0 Å². The van der Waals surface area contributed by atoms with Gasteiger partial charge in [0.2, 0.25) is 0 Å². The Hall–Kier alpha value is -2.04. The number of carbonyl (C=O) groups is 1. The number of hydrogen-bond donors (Lipinski definition) is 2. The zero-order valence-electron chi connectivity index (χ0n) is 12.6. The SMILES string of the molecule is CC[C@H]1CCN(C(=O)N[C@H](C)c2nc3ccccc3[nH]2)C1. The molecule has 1 aromatic carbocycles. The third-order valence-electron chi connectivity index (χ3n) is 4.31. The van der Waals surface area contributed by atoms with Gasteiger partial charge in [-0.3, -0.25) is 0 Å². The minimum absolute atomic E-state index is 0.0129. The van der Waals surface area contributed by atoms with Gasteiger partial charge in [-0.2, -0.15) is 0 Å². The van der Waals surface area contributed by atoms with Gasteiger partial charge < -0.3 is 15.2 Å². The summed E-state index contributed by atoms with van der Waals surface area (Å²) in [5.74, 6) is 1.45. The van der Waals surface area contributed by atoms with Crippen molar-refractivity contribution in [3.8, 4) is 0 Å². The molecule has 2 aromatic rings. The third-order valence-corrected chi connectivity index (χ3v) is 4.31. The first-order valence-corrected chi connectivity index (χ1v) is 7.67. The Morgan fingerprint density at radius 1 is 1.52 bits per heavy atom. The summed E-state index contributed by atoms with van der Waals surface area (Å²) in [7, 11) is 0. The molecular formula is C16H22N4O. The van der Waals surface area contributed by atoms with E-state index < -0.39 is 0 Å². The van der Waals surface area contributed by atoms with E-state index in [4.69, 9.17) is 0 Å². The smallest absolute Gasteiger partial charge is 0.317 e. The number of nitrogens with zero attached hydrogens (tertiary/aromatic N) is 2. The summed E-state index contributed by atoms with van der Waals surface area (Å²) in [6.07, 6.45) is 2.26. The Kier molecular flexibility index (Phi) is 3.82. The lowest BCUT2D eigenvalue weighted by atomic mass is 10.1. The van der Waals surface area contributed by atoms with Crippen LogP contribution in [0.25, 0.3) is 11.0 Å². The number of amides is 2. The van der Waals surface area contributed by atoms with Gasteiger partial charge in [-0.05, 0) is 31.4 Å². The number of nitrogens with one attached hydrogen (secondary N) is 2. The average molecular weight is 286 g/mol. The van der Waals surface area contributed by atoms with Crippen LogP contribution in [0.1, 0.15) is 38.6 Å². The molecule has 2 amide bonds. The van der Waals surface area contributed by atoms with Crippen LogP contribution in [0.2, 0.25) is 0 Å². The maximum atomic E-state index is 12.3. The number of imidazole rings is 1. The molecule has 0 saturated carbocycles. The molecular weight excluding hydrogens is 264 g/mol. The van der Waals surface area contributed by atoms with Crippen LogP contribution in [-0.2, 0) is 0 Å². The van der Waals surface area contributed by atoms with Crippen LogP contribution in [-0.4, -0.2) is 34.0 Å². The van der Waals surface area contributed by atoms with Crippen molar-refractivity contribution in [3.05, 3.63) is 30.1 Å². The number of rotatable bonds is 3. The van der Waals surface area contributed by atoms with Crippen molar-refractivity contribution in [2.45, 2.75) is 32.7 Å². The van der Waals surface area contributed by atoms with Gasteiger partial charge in [0.15, 0.2) is 0 Å². The summed E-state index contributed by atoms with van der Waals surface area (Å²) in [5.41, 5.74) is 1.93. The predicted molar refractivity (Wildman–Crippen MR) is 83.0 cm³/mol. The van der Waals surface area contributed by atoms with Crippen LogP contribution in [0.5, 0.6) is 0 Å². The highest BCUT2D eigenvalue weighted by molar-refractivity contribution is 5.76. The Morgan fingerprint density at radius 2 is 2.33 bits per heavy atom. The predicted octanol–water partition coefficient (Wildman–Crippen LogP) is 3.07. The minimum Gasteiger partial charge on any atom is -0.340 e. The van der Waals surface area contributed by atoms with Crippen LogP contribution in [0.3, 0.4) is 0 Å². The van der Waals surface area contributed by atoms with E-state index >= 15 is 0 Å². The summed E-state index contributed by atoms with van der Waals surface area (Å²) >= 11 is 0. The van der Waals surface area contributed by atoms with Crippen LogP contribution < -0.4 is 5.32 Å². The van der Waals surface area contributed by atoms with E-state index in [2.05, 4.69) is 22.2 Å². The number of para-hydroxylation sites is 2. The Labute approximate surface area is 124 Å². The molecule has 0 aliphatic carbocycles. The highest BCUT2D eigenvalue weighted by Crippen LogP contribution is 2.20. The van der Waals surface area contributed by atoms with Crippen LogP contribution in [0.4, 0.5) is 4.79 Å². The Bertz CT molecular complexity index is 603. The number of likely N-dealkylation sites (tertiary alicyclic amines) is 1. The number of hydrogen-bond acceptors (Lipinski definition) is 2. The topological polar surface area (TPSA) is 61.0 Å². The van der Waals surface area contributed by atoms with E-state index in [0.29, 0.717) is 5.92 Å². The lowest BCUT2D eigenvalue weighted by molar-refractivity contribution is 0.203. The standard InChI is InChI=1S/C16H22N4O/c1-3-12-8-9-20(10-12)16(21)17-11(2)15-18-13-6-4-5-7-14(13)19-15/h4-7,11-12H,3,8-10H2,1-2H3,(H,17,21)(H,18,19)/t11-,12+/m1/s1. The summed E-state index contributed by atoms with van der Waals surface area (Å²) in [4.78, 5) is 22.0. The molecule has 21 heavy (non-hydrogen) atoms. The van der Waals surface area contributed by atoms with Crippen molar-refractivity contribution in [2.24, 2.45) is 5.92 Å². The molecule has 1 saturated heterocycles. The minimum atomic E-state index is -0.120. The number of carbonyl (C=O) groups excluding carboxylic acids is 1. The molecule has 2 N–H and O–H groups in total. The van der Waals surface area contributed by atoms with E-state index in [-0.39, 0.29) is 12.1 Å². The molecule has 3 rings (SSSR count). The monoisotopic (exact) mass is 286 g/mol. The number of aromatic amines is 1. The maximum absolute atomic E-state index is 12.3. The summed E-state index contributed by atoms with van der Waals surface area (Å²) in [5, 5.41) is 3.04. The van der Waals surface area contributed by atoms with Crippen LogP contribution in [0.15, 0.2) is 24.3 Å². The van der Waals surface area contributed by atoms with Gasteiger partial charge in [-0.1, -0.05) is 25.5 Å². The van der Waals surface area contributed by atoms with Gasteiger partial charge in [0, 0.05) is 13.1 Å². The van der Waals surface area contributed by atoms with E-state index in [1.54, 1.807) is 0 Å². The zero-order chi connectivity index (χ0) is 14.8. The molecule has 5 heteroatoms. The van der Waals surface area contributed by atoms with Crippen molar-refractivity contribution in [3.63, 3.8) is 0 Å².